The van der Waals surface area contributed by atoms with E-state index in [1.807, 2.05) is 43.3 Å². The molecule has 2 aromatic carbocycles. The normalized spacial score (nSPS) is 12.8. The molecular weight excluding hydrogens is 402 g/mol. The topological polar surface area (TPSA) is 98.8 Å². The monoisotopic (exact) mass is 419 g/mol. The van der Waals surface area contributed by atoms with Gasteiger partial charge in [-0.15, -0.1) is 0 Å². The van der Waals surface area contributed by atoms with Crippen molar-refractivity contribution in [3.63, 3.8) is 0 Å². The molecule has 7 nitrogen and oxygen atoms in total. The minimum Gasteiger partial charge on any atom is -0.495 e. The number of carbonyl (C=O) groups excluding carboxylic acids is 1. The molecule has 4 aromatic rings. The van der Waals surface area contributed by atoms with Crippen molar-refractivity contribution in [3.8, 4) is 11.4 Å². The van der Waals surface area contributed by atoms with Crippen LogP contribution in [0.4, 0.5) is 5.82 Å². The van der Waals surface area contributed by atoms with Crippen molar-refractivity contribution in [2.75, 3.05) is 12.8 Å². The number of nitrogens with one attached hydrogen (secondary N) is 1. The number of aromatic amines is 1. The third-order valence-corrected chi connectivity index (χ3v) is 5.59. The molecule has 0 fully saturated rings. The number of hydrogen-bond donors (Lipinski definition) is 2. The zero-order chi connectivity index (χ0) is 21.0. The molecule has 0 radical (unpaired) electrons. The van der Waals surface area contributed by atoms with Gasteiger partial charge in [-0.3, -0.25) is 4.79 Å². The summed E-state index contributed by atoms with van der Waals surface area (Å²) in [6.07, 6.45) is 3.85. The molecule has 0 spiro atoms. The quantitative estimate of drug-likeness (QED) is 0.485. The lowest BCUT2D eigenvalue weighted by atomic mass is 10.0. The summed E-state index contributed by atoms with van der Waals surface area (Å²) >= 11 is 6.22. The van der Waals surface area contributed by atoms with Crippen LogP contribution in [0.1, 0.15) is 27.3 Å². The molecule has 2 aromatic heterocycles. The van der Waals surface area contributed by atoms with Crippen LogP contribution in [0, 0.1) is 6.92 Å². The molecule has 1 aliphatic carbocycles. The molecule has 8 heteroatoms. The molecular formula is C22H18ClN5O2. The minimum absolute atomic E-state index is 0.150. The molecule has 150 valence electrons. The first-order valence-corrected chi connectivity index (χ1v) is 9.74. The second-order valence-electron chi connectivity index (χ2n) is 7.24. The first-order chi connectivity index (χ1) is 14.4. The van der Waals surface area contributed by atoms with Gasteiger partial charge in [0.25, 0.3) is 0 Å². The molecule has 0 saturated heterocycles. The fraction of sp³-hybridized carbons (Fsp3) is 0.136. The van der Waals surface area contributed by atoms with Crippen LogP contribution in [0.5, 0.6) is 5.75 Å². The second-order valence-corrected chi connectivity index (χ2v) is 7.65. The number of aromatic nitrogens is 4. The van der Waals surface area contributed by atoms with Gasteiger partial charge in [0.05, 0.1) is 40.6 Å². The summed E-state index contributed by atoms with van der Waals surface area (Å²) in [5.74, 6) is 1.56. The van der Waals surface area contributed by atoms with Crippen molar-refractivity contribution in [2.45, 2.75) is 13.3 Å². The van der Waals surface area contributed by atoms with Crippen molar-refractivity contribution >= 4 is 40.3 Å². The Morgan fingerprint density at radius 2 is 2.13 bits per heavy atom. The number of H-pyrrole nitrogens is 1. The van der Waals surface area contributed by atoms with Crippen LogP contribution < -0.4 is 10.5 Å². The standard InChI is InChI=1S/C22H18ClN5O2/c1-11-26-18-4-3-15(9-19(18)27-11)28-22(24)16(10-25-28)21(29)14-5-12-7-17(23)20(30-2)8-13(12)6-14/h3-4,6-10H,5,24H2,1-2H3,(H,26,27). The van der Waals surface area contributed by atoms with Crippen molar-refractivity contribution in [1.29, 1.82) is 0 Å². The Kier molecular flexibility index (Phi) is 4.15. The maximum Gasteiger partial charge on any atom is 0.194 e. The number of anilines is 1. The maximum absolute atomic E-state index is 13.2. The van der Waals surface area contributed by atoms with Gasteiger partial charge in [0.2, 0.25) is 0 Å². The highest BCUT2D eigenvalue weighted by Gasteiger charge is 2.25. The zero-order valence-electron chi connectivity index (χ0n) is 16.4. The highest BCUT2D eigenvalue weighted by Crippen LogP contribution is 2.35. The van der Waals surface area contributed by atoms with E-state index >= 15 is 0 Å². The number of fused-ring (bicyclic) bond motifs is 2. The number of nitrogen functional groups attached to an aromatic ring is 1. The number of aryl methyl sites for hydroxylation is 1. The van der Waals surface area contributed by atoms with Gasteiger partial charge in [0.15, 0.2) is 5.78 Å². The lowest BCUT2D eigenvalue weighted by Crippen LogP contribution is -2.08. The summed E-state index contributed by atoms with van der Waals surface area (Å²) in [6.45, 7) is 1.90. The van der Waals surface area contributed by atoms with E-state index in [1.165, 1.54) is 6.20 Å². The van der Waals surface area contributed by atoms with Gasteiger partial charge < -0.3 is 15.5 Å². The van der Waals surface area contributed by atoms with Gasteiger partial charge in [-0.1, -0.05) is 11.6 Å². The Labute approximate surface area is 177 Å². The van der Waals surface area contributed by atoms with Gasteiger partial charge in [0, 0.05) is 12.0 Å². The highest BCUT2D eigenvalue weighted by molar-refractivity contribution is 6.32. The van der Waals surface area contributed by atoms with E-state index in [-0.39, 0.29) is 5.78 Å². The second kappa shape index (κ2) is 6.74. The van der Waals surface area contributed by atoms with Crippen molar-refractivity contribution < 1.29 is 9.53 Å². The smallest absolute Gasteiger partial charge is 0.194 e. The van der Waals surface area contributed by atoms with E-state index in [0.29, 0.717) is 34.1 Å². The average Bonchev–Trinajstić information content (AvgIpc) is 3.41. The third kappa shape index (κ3) is 2.86. The molecule has 0 amide bonds. The molecule has 3 N–H and O–H groups in total. The third-order valence-electron chi connectivity index (χ3n) is 5.30. The molecule has 0 unspecified atom stereocenters. The van der Waals surface area contributed by atoms with E-state index in [4.69, 9.17) is 22.1 Å². The predicted octanol–water partition coefficient (Wildman–Crippen LogP) is 4.12. The number of benzene rings is 2. The number of carbonyl (C=O) groups is 1. The lowest BCUT2D eigenvalue weighted by Gasteiger charge is -2.06. The number of ketones is 1. The molecule has 30 heavy (non-hydrogen) atoms. The summed E-state index contributed by atoms with van der Waals surface area (Å²) in [4.78, 5) is 20.7. The van der Waals surface area contributed by atoms with Gasteiger partial charge in [-0.05, 0) is 54.5 Å². The van der Waals surface area contributed by atoms with Crippen LogP contribution >= 0.6 is 11.6 Å². The number of rotatable bonds is 4. The Hall–Kier alpha value is -3.58. The number of nitrogens with zero attached hydrogens (tertiary/aromatic N) is 3. The minimum atomic E-state index is -0.150. The van der Waals surface area contributed by atoms with Crippen LogP contribution in [-0.4, -0.2) is 32.6 Å². The number of hydrogen-bond acceptors (Lipinski definition) is 5. The number of halogens is 1. The molecule has 2 heterocycles. The van der Waals surface area contributed by atoms with Gasteiger partial charge in [0.1, 0.15) is 17.4 Å². The van der Waals surface area contributed by atoms with Crippen LogP contribution in [0.25, 0.3) is 22.8 Å². The first-order valence-electron chi connectivity index (χ1n) is 9.36. The summed E-state index contributed by atoms with van der Waals surface area (Å²) in [5, 5.41) is 4.87. The molecule has 0 bridgehead atoms. The SMILES string of the molecule is COc1cc2c(cc1Cl)CC(C(=O)c1cnn(-c3ccc4nc(C)[nH]c4c3)c1N)=C2. The van der Waals surface area contributed by atoms with Crippen LogP contribution in [0.3, 0.4) is 0 Å². The van der Waals surface area contributed by atoms with E-state index < -0.39 is 0 Å². The van der Waals surface area contributed by atoms with Crippen molar-refractivity contribution in [1.82, 2.24) is 19.7 Å². The summed E-state index contributed by atoms with van der Waals surface area (Å²) < 4.78 is 6.83. The number of nitrogens with two attached hydrogens (primary N) is 1. The van der Waals surface area contributed by atoms with Crippen LogP contribution in [0.15, 0.2) is 42.1 Å². The lowest BCUT2D eigenvalue weighted by molar-refractivity contribution is 0.103. The summed E-state index contributed by atoms with van der Waals surface area (Å²) in [6, 6.07) is 9.35. The number of ether oxygens (including phenoxy) is 1. The molecule has 1 aliphatic rings. The molecule has 0 aliphatic heterocycles. The number of allylic oxidation sites excluding steroid dienone is 1. The summed E-state index contributed by atoms with van der Waals surface area (Å²) in [5.41, 5.74) is 11.7. The van der Waals surface area contributed by atoms with Gasteiger partial charge >= 0.3 is 0 Å². The Bertz CT molecular complexity index is 1370. The Morgan fingerprint density at radius 1 is 1.30 bits per heavy atom. The van der Waals surface area contributed by atoms with E-state index in [2.05, 4.69) is 15.1 Å². The van der Waals surface area contributed by atoms with Crippen LogP contribution in [-0.2, 0) is 6.42 Å². The van der Waals surface area contributed by atoms with Crippen molar-refractivity contribution in [2.24, 2.45) is 0 Å². The zero-order valence-corrected chi connectivity index (χ0v) is 17.1. The average molecular weight is 420 g/mol. The number of methoxy groups -OCH3 is 1. The maximum atomic E-state index is 13.2. The van der Waals surface area contributed by atoms with Gasteiger partial charge in [-0.2, -0.15) is 5.10 Å². The number of imidazole rings is 1. The Balaban J connectivity index is 1.48. The van der Waals surface area contributed by atoms with E-state index in [9.17, 15) is 4.79 Å². The van der Waals surface area contributed by atoms with Crippen molar-refractivity contribution in [3.05, 3.63) is 69.6 Å². The van der Waals surface area contributed by atoms with E-state index in [0.717, 1.165) is 33.7 Å². The summed E-state index contributed by atoms with van der Waals surface area (Å²) in [7, 11) is 1.56. The van der Waals surface area contributed by atoms with Gasteiger partial charge in [-0.25, -0.2) is 9.67 Å². The van der Waals surface area contributed by atoms with Crippen LogP contribution in [0.2, 0.25) is 5.02 Å². The predicted molar refractivity (Wildman–Crippen MR) is 116 cm³/mol. The largest absolute Gasteiger partial charge is 0.495 e. The van der Waals surface area contributed by atoms with E-state index in [1.54, 1.807) is 11.8 Å². The fourth-order valence-electron chi connectivity index (χ4n) is 3.81. The molecule has 0 saturated carbocycles. The first kappa shape index (κ1) is 18.4. The highest BCUT2D eigenvalue weighted by atomic mass is 35.5. The molecule has 0 atom stereocenters. The number of Topliss-reactive ketones (excluding diaryl/α,β-unsaturated/α-hetero) is 1. The Morgan fingerprint density at radius 3 is 2.93 bits per heavy atom. The fourth-order valence-corrected chi connectivity index (χ4v) is 4.08. The molecule has 5 rings (SSSR count).